The summed E-state index contributed by atoms with van der Waals surface area (Å²) in [7, 11) is 3.59. The van der Waals surface area contributed by atoms with Crippen LogP contribution >= 0.6 is 0 Å². The molecule has 1 aromatic rings. The van der Waals surface area contributed by atoms with Gasteiger partial charge in [0.25, 0.3) is 0 Å². The minimum atomic E-state index is -0.398. The minimum absolute atomic E-state index is 0.286. The summed E-state index contributed by atoms with van der Waals surface area (Å²) < 4.78 is 7.17. The predicted octanol–water partition coefficient (Wildman–Crippen LogP) is 1.70. The number of rotatable bonds is 6. The SMILES string of the molecule is CCc1cc(CC(O)CC(C)(C)OC)n(C)n1. The lowest BCUT2D eigenvalue weighted by atomic mass is 9.98. The van der Waals surface area contributed by atoms with Gasteiger partial charge in [-0.2, -0.15) is 5.10 Å². The summed E-state index contributed by atoms with van der Waals surface area (Å²) in [6.07, 6.45) is 1.77. The lowest BCUT2D eigenvalue weighted by Gasteiger charge is -2.25. The Morgan fingerprint density at radius 1 is 1.53 bits per heavy atom. The van der Waals surface area contributed by atoms with E-state index in [0.29, 0.717) is 12.8 Å². The fraction of sp³-hybridized carbons (Fsp3) is 0.769. The molecule has 4 nitrogen and oxygen atoms in total. The number of hydrogen-bond acceptors (Lipinski definition) is 3. The van der Waals surface area contributed by atoms with Crippen molar-refractivity contribution in [3.63, 3.8) is 0 Å². The van der Waals surface area contributed by atoms with Crippen molar-refractivity contribution in [3.8, 4) is 0 Å². The predicted molar refractivity (Wildman–Crippen MR) is 68.0 cm³/mol. The van der Waals surface area contributed by atoms with Crippen molar-refractivity contribution in [1.29, 1.82) is 0 Å². The third kappa shape index (κ3) is 4.13. The summed E-state index contributed by atoms with van der Waals surface area (Å²) in [6, 6.07) is 2.06. The Hall–Kier alpha value is -0.870. The molecule has 0 spiro atoms. The Balaban J connectivity index is 2.61. The van der Waals surface area contributed by atoms with Gasteiger partial charge in [-0.3, -0.25) is 4.68 Å². The monoisotopic (exact) mass is 240 g/mol. The van der Waals surface area contributed by atoms with Crippen molar-refractivity contribution < 1.29 is 9.84 Å². The van der Waals surface area contributed by atoms with E-state index in [1.165, 1.54) is 0 Å². The molecule has 0 saturated heterocycles. The van der Waals surface area contributed by atoms with Gasteiger partial charge in [0.05, 0.1) is 17.4 Å². The third-order valence-electron chi connectivity index (χ3n) is 3.11. The van der Waals surface area contributed by atoms with Crippen LogP contribution in [0.25, 0.3) is 0 Å². The van der Waals surface area contributed by atoms with Gasteiger partial charge in [0, 0.05) is 32.7 Å². The first-order chi connectivity index (χ1) is 7.88. The van der Waals surface area contributed by atoms with Gasteiger partial charge >= 0.3 is 0 Å². The van der Waals surface area contributed by atoms with E-state index >= 15 is 0 Å². The first kappa shape index (κ1) is 14.2. The molecule has 0 aromatic carbocycles. The fourth-order valence-corrected chi connectivity index (χ4v) is 1.90. The Bertz CT molecular complexity index is 358. The highest BCUT2D eigenvalue weighted by atomic mass is 16.5. The number of ether oxygens (including phenoxy) is 1. The van der Waals surface area contributed by atoms with Gasteiger partial charge in [0.2, 0.25) is 0 Å². The zero-order chi connectivity index (χ0) is 13.1. The van der Waals surface area contributed by atoms with Gasteiger partial charge < -0.3 is 9.84 Å². The van der Waals surface area contributed by atoms with Crippen molar-refractivity contribution in [2.45, 2.75) is 51.7 Å². The first-order valence-electron chi connectivity index (χ1n) is 6.13. The lowest BCUT2D eigenvalue weighted by molar-refractivity contribution is -0.0194. The van der Waals surface area contributed by atoms with Gasteiger partial charge in [-0.05, 0) is 26.3 Å². The molecule has 98 valence electrons. The summed E-state index contributed by atoms with van der Waals surface area (Å²) in [4.78, 5) is 0. The Labute approximate surface area is 104 Å². The molecule has 0 radical (unpaired) electrons. The van der Waals surface area contributed by atoms with E-state index in [2.05, 4.69) is 18.1 Å². The lowest BCUT2D eigenvalue weighted by Crippen LogP contribution is -2.30. The highest BCUT2D eigenvalue weighted by Crippen LogP contribution is 2.18. The van der Waals surface area contributed by atoms with Gasteiger partial charge in [-0.25, -0.2) is 0 Å². The second kappa shape index (κ2) is 5.65. The van der Waals surface area contributed by atoms with Gasteiger partial charge in [0.15, 0.2) is 0 Å². The molecule has 1 atom stereocenters. The molecular formula is C13H24N2O2. The van der Waals surface area contributed by atoms with Crippen LogP contribution in [0.1, 0.15) is 38.6 Å². The van der Waals surface area contributed by atoms with E-state index in [1.807, 2.05) is 25.6 Å². The molecule has 0 bridgehead atoms. The number of aromatic nitrogens is 2. The zero-order valence-electron chi connectivity index (χ0n) is 11.5. The number of aliphatic hydroxyl groups is 1. The molecule has 4 heteroatoms. The average molecular weight is 240 g/mol. The topological polar surface area (TPSA) is 47.3 Å². The van der Waals surface area contributed by atoms with Crippen molar-refractivity contribution >= 4 is 0 Å². The van der Waals surface area contributed by atoms with Crippen molar-refractivity contribution in [3.05, 3.63) is 17.5 Å². The summed E-state index contributed by atoms with van der Waals surface area (Å²) >= 11 is 0. The van der Waals surface area contributed by atoms with E-state index in [1.54, 1.807) is 7.11 Å². The standard InChI is InChI=1S/C13H24N2O2/c1-6-10-7-11(15(4)14-10)8-12(16)9-13(2,3)17-5/h7,12,16H,6,8-9H2,1-5H3. The zero-order valence-corrected chi connectivity index (χ0v) is 11.5. The molecule has 1 aromatic heterocycles. The van der Waals surface area contributed by atoms with Gasteiger partial charge in [-0.1, -0.05) is 6.92 Å². The molecule has 1 unspecified atom stereocenters. The molecule has 0 aliphatic carbocycles. The van der Waals surface area contributed by atoms with E-state index in [9.17, 15) is 5.11 Å². The summed E-state index contributed by atoms with van der Waals surface area (Å²) in [6.45, 7) is 6.05. The third-order valence-corrected chi connectivity index (χ3v) is 3.11. The molecule has 0 aliphatic rings. The Kier molecular flexibility index (Phi) is 4.71. The molecule has 0 amide bonds. The molecule has 1 rings (SSSR count). The highest BCUT2D eigenvalue weighted by molar-refractivity contribution is 5.11. The Morgan fingerprint density at radius 2 is 2.18 bits per heavy atom. The summed E-state index contributed by atoms with van der Waals surface area (Å²) in [5.74, 6) is 0. The molecule has 17 heavy (non-hydrogen) atoms. The molecular weight excluding hydrogens is 216 g/mol. The maximum absolute atomic E-state index is 10.1. The minimum Gasteiger partial charge on any atom is -0.393 e. The van der Waals surface area contributed by atoms with E-state index in [4.69, 9.17) is 4.74 Å². The van der Waals surface area contributed by atoms with Gasteiger partial charge in [0.1, 0.15) is 0 Å². The van der Waals surface area contributed by atoms with Crippen LogP contribution in [-0.2, 0) is 24.6 Å². The van der Waals surface area contributed by atoms with E-state index in [0.717, 1.165) is 17.8 Å². The van der Waals surface area contributed by atoms with Crippen LogP contribution < -0.4 is 0 Å². The van der Waals surface area contributed by atoms with Gasteiger partial charge in [-0.15, -0.1) is 0 Å². The number of aliphatic hydroxyl groups excluding tert-OH is 1. The van der Waals surface area contributed by atoms with Crippen molar-refractivity contribution in [1.82, 2.24) is 9.78 Å². The number of methoxy groups -OCH3 is 1. The Morgan fingerprint density at radius 3 is 2.65 bits per heavy atom. The number of hydrogen-bond donors (Lipinski definition) is 1. The summed E-state index contributed by atoms with van der Waals surface area (Å²) in [5, 5.41) is 14.4. The highest BCUT2D eigenvalue weighted by Gasteiger charge is 2.22. The maximum Gasteiger partial charge on any atom is 0.0647 e. The largest absolute Gasteiger partial charge is 0.393 e. The van der Waals surface area contributed by atoms with Crippen LogP contribution in [0.4, 0.5) is 0 Å². The van der Waals surface area contributed by atoms with E-state index in [-0.39, 0.29) is 5.60 Å². The van der Waals surface area contributed by atoms with Crippen LogP contribution in [0.15, 0.2) is 6.07 Å². The number of aryl methyl sites for hydroxylation is 2. The van der Waals surface area contributed by atoms with Crippen LogP contribution in [0, 0.1) is 0 Å². The molecule has 1 N–H and O–H groups in total. The smallest absolute Gasteiger partial charge is 0.0647 e. The van der Waals surface area contributed by atoms with Crippen LogP contribution in [0.3, 0.4) is 0 Å². The van der Waals surface area contributed by atoms with E-state index < -0.39 is 6.10 Å². The normalized spacial score (nSPS) is 14.0. The fourth-order valence-electron chi connectivity index (χ4n) is 1.90. The summed E-state index contributed by atoms with van der Waals surface area (Å²) in [5.41, 5.74) is 1.85. The maximum atomic E-state index is 10.1. The molecule has 0 fully saturated rings. The second-order valence-electron chi connectivity index (χ2n) is 5.13. The quantitative estimate of drug-likeness (QED) is 0.823. The van der Waals surface area contributed by atoms with Crippen LogP contribution in [0.2, 0.25) is 0 Å². The second-order valence-corrected chi connectivity index (χ2v) is 5.13. The molecule has 0 saturated carbocycles. The van der Waals surface area contributed by atoms with Crippen LogP contribution in [-0.4, -0.2) is 33.7 Å². The average Bonchev–Trinajstić information content (AvgIpc) is 2.59. The number of nitrogens with zero attached hydrogens (tertiary/aromatic N) is 2. The molecule has 1 heterocycles. The van der Waals surface area contributed by atoms with Crippen LogP contribution in [0.5, 0.6) is 0 Å². The molecule has 0 aliphatic heterocycles. The van der Waals surface area contributed by atoms with Crippen molar-refractivity contribution in [2.24, 2.45) is 7.05 Å². The van der Waals surface area contributed by atoms with Crippen molar-refractivity contribution in [2.75, 3.05) is 7.11 Å². The first-order valence-corrected chi connectivity index (χ1v) is 6.13.